The average Bonchev–Trinajstić information content (AvgIpc) is 3.04. The Labute approximate surface area is 160 Å². The number of para-hydroxylation sites is 1. The largest absolute Gasteiger partial charge is 0.389 e. The van der Waals surface area contributed by atoms with Gasteiger partial charge in [0.15, 0.2) is 5.78 Å². The summed E-state index contributed by atoms with van der Waals surface area (Å²) in [6.07, 6.45) is 7.13. The normalized spacial score (nSPS) is 25.4. The number of hydrogen-bond donors (Lipinski definition) is 1. The molecule has 1 saturated carbocycles. The van der Waals surface area contributed by atoms with Gasteiger partial charge < -0.3 is 14.6 Å². The molecular formula is C22H28N2O3. The van der Waals surface area contributed by atoms with Crippen molar-refractivity contribution in [2.45, 2.75) is 57.6 Å². The van der Waals surface area contributed by atoms with Gasteiger partial charge >= 0.3 is 0 Å². The summed E-state index contributed by atoms with van der Waals surface area (Å²) in [5.74, 6) is 0.411. The Bertz CT molecular complexity index is 872. The number of carbonyl (C=O) groups is 2. The topological polar surface area (TPSA) is 62.5 Å². The van der Waals surface area contributed by atoms with Gasteiger partial charge in [0, 0.05) is 54.6 Å². The first-order chi connectivity index (χ1) is 13.0. The van der Waals surface area contributed by atoms with Crippen LogP contribution in [0, 0.1) is 5.92 Å². The van der Waals surface area contributed by atoms with E-state index < -0.39 is 5.60 Å². The number of aromatic nitrogens is 1. The second-order valence-electron chi connectivity index (χ2n) is 8.20. The molecule has 5 heteroatoms. The van der Waals surface area contributed by atoms with Crippen LogP contribution < -0.4 is 0 Å². The summed E-state index contributed by atoms with van der Waals surface area (Å²) in [6.45, 7) is 3.48. The van der Waals surface area contributed by atoms with Crippen molar-refractivity contribution >= 4 is 22.6 Å². The molecule has 5 nitrogen and oxygen atoms in total. The lowest BCUT2D eigenvalue weighted by Crippen LogP contribution is -2.54. The lowest BCUT2D eigenvalue weighted by Gasteiger charge is -2.47. The van der Waals surface area contributed by atoms with E-state index in [1.807, 2.05) is 39.9 Å². The van der Waals surface area contributed by atoms with Crippen LogP contribution in [0.4, 0.5) is 0 Å². The summed E-state index contributed by atoms with van der Waals surface area (Å²) >= 11 is 0. The van der Waals surface area contributed by atoms with Crippen LogP contribution in [-0.4, -0.2) is 45.0 Å². The van der Waals surface area contributed by atoms with Gasteiger partial charge in [-0.05, 0) is 32.3 Å². The second kappa shape index (κ2) is 7.12. The summed E-state index contributed by atoms with van der Waals surface area (Å²) in [6, 6.07) is 7.84. The number of hydrogen-bond acceptors (Lipinski definition) is 3. The number of aliphatic hydroxyl groups is 1. The fraction of sp³-hybridized carbons (Fsp3) is 0.545. The third-order valence-electron chi connectivity index (χ3n) is 6.51. The number of nitrogens with zero attached hydrogens (tertiary/aromatic N) is 2. The molecule has 2 atom stereocenters. The minimum Gasteiger partial charge on any atom is -0.389 e. The zero-order valence-electron chi connectivity index (χ0n) is 16.0. The van der Waals surface area contributed by atoms with Crippen molar-refractivity contribution in [2.24, 2.45) is 5.92 Å². The summed E-state index contributed by atoms with van der Waals surface area (Å²) in [7, 11) is 0. The zero-order chi connectivity index (χ0) is 19.0. The summed E-state index contributed by atoms with van der Waals surface area (Å²) in [5.41, 5.74) is 1.15. The number of amides is 1. The van der Waals surface area contributed by atoms with E-state index in [1.54, 1.807) is 6.92 Å². The van der Waals surface area contributed by atoms with Crippen LogP contribution in [0.1, 0.15) is 55.8 Å². The molecule has 0 spiro atoms. The molecule has 2 aliphatic rings. The molecule has 1 aromatic heterocycles. The van der Waals surface area contributed by atoms with Crippen LogP contribution in [0.2, 0.25) is 0 Å². The van der Waals surface area contributed by atoms with E-state index in [4.69, 9.17) is 0 Å². The molecule has 0 radical (unpaired) electrons. The first-order valence-electron chi connectivity index (χ1n) is 10.1. The molecule has 1 aliphatic heterocycles. The lowest BCUT2D eigenvalue weighted by molar-refractivity contribution is -0.143. The first kappa shape index (κ1) is 18.2. The maximum absolute atomic E-state index is 12.8. The molecule has 2 heterocycles. The molecule has 1 saturated heterocycles. The van der Waals surface area contributed by atoms with Crippen molar-refractivity contribution in [1.29, 1.82) is 0 Å². The van der Waals surface area contributed by atoms with Gasteiger partial charge in [0.25, 0.3) is 0 Å². The number of Topliss-reactive ketones (excluding diaryl/α,β-unsaturated/α-hetero) is 1. The maximum Gasteiger partial charge on any atom is 0.224 e. The quantitative estimate of drug-likeness (QED) is 0.842. The van der Waals surface area contributed by atoms with Gasteiger partial charge in [-0.25, -0.2) is 0 Å². The maximum atomic E-state index is 12.8. The Morgan fingerprint density at radius 1 is 1.22 bits per heavy atom. The van der Waals surface area contributed by atoms with Crippen molar-refractivity contribution in [3.63, 3.8) is 0 Å². The lowest BCUT2D eigenvalue weighted by atomic mass is 9.71. The third kappa shape index (κ3) is 3.41. The molecule has 27 heavy (non-hydrogen) atoms. The second-order valence-corrected chi connectivity index (χ2v) is 8.20. The first-order valence-corrected chi connectivity index (χ1v) is 10.1. The van der Waals surface area contributed by atoms with Crippen molar-refractivity contribution in [3.8, 4) is 0 Å². The Balaban J connectivity index is 1.44. The molecule has 1 aromatic carbocycles. The number of likely N-dealkylation sites (tertiary alicyclic amines) is 1. The third-order valence-corrected chi connectivity index (χ3v) is 6.51. The van der Waals surface area contributed by atoms with Crippen LogP contribution in [0.15, 0.2) is 30.5 Å². The van der Waals surface area contributed by atoms with Crippen LogP contribution in [0.25, 0.3) is 10.9 Å². The van der Waals surface area contributed by atoms with Crippen molar-refractivity contribution < 1.29 is 14.7 Å². The molecule has 144 valence electrons. The van der Waals surface area contributed by atoms with Gasteiger partial charge in [0.1, 0.15) is 0 Å². The summed E-state index contributed by atoms with van der Waals surface area (Å²) < 4.78 is 2.02. The molecule has 2 fully saturated rings. The highest BCUT2D eigenvalue weighted by Crippen LogP contribution is 2.39. The number of carbonyl (C=O) groups excluding carboxylic acids is 2. The average molecular weight is 368 g/mol. The number of aryl methyl sites for hydroxylation is 1. The van der Waals surface area contributed by atoms with Gasteiger partial charge in [-0.2, -0.15) is 0 Å². The minimum absolute atomic E-state index is 0.0453. The predicted octanol–water partition coefficient (Wildman–Crippen LogP) is 3.39. The van der Waals surface area contributed by atoms with Gasteiger partial charge in [0.05, 0.1) is 5.60 Å². The molecule has 1 N–H and O–H groups in total. The number of fused-ring (bicyclic) bond motifs is 2. The highest BCUT2D eigenvalue weighted by molar-refractivity contribution is 6.06. The Morgan fingerprint density at radius 2 is 2.04 bits per heavy atom. The summed E-state index contributed by atoms with van der Waals surface area (Å²) in [4.78, 5) is 26.6. The number of piperidine rings is 1. The van der Waals surface area contributed by atoms with E-state index in [2.05, 4.69) is 0 Å². The molecule has 2 aromatic rings. The van der Waals surface area contributed by atoms with Crippen LogP contribution in [0.3, 0.4) is 0 Å². The van der Waals surface area contributed by atoms with Gasteiger partial charge in [-0.1, -0.05) is 31.0 Å². The van der Waals surface area contributed by atoms with Gasteiger partial charge in [-0.3, -0.25) is 9.59 Å². The van der Waals surface area contributed by atoms with E-state index in [0.717, 1.165) is 36.6 Å². The number of rotatable bonds is 4. The minimum atomic E-state index is -0.554. The Kier molecular flexibility index (Phi) is 4.81. The molecule has 4 rings (SSSR count). The van der Waals surface area contributed by atoms with Crippen molar-refractivity contribution in [3.05, 3.63) is 36.0 Å². The van der Waals surface area contributed by atoms with Crippen molar-refractivity contribution in [2.75, 3.05) is 13.1 Å². The highest BCUT2D eigenvalue weighted by Gasteiger charge is 2.43. The van der Waals surface area contributed by atoms with Crippen LogP contribution in [-0.2, 0) is 11.3 Å². The fourth-order valence-corrected chi connectivity index (χ4v) is 4.88. The Morgan fingerprint density at radius 3 is 2.85 bits per heavy atom. The van der Waals surface area contributed by atoms with Gasteiger partial charge in [0.2, 0.25) is 5.91 Å². The van der Waals surface area contributed by atoms with E-state index in [-0.39, 0.29) is 17.6 Å². The van der Waals surface area contributed by atoms with E-state index in [1.165, 1.54) is 0 Å². The molecule has 0 unspecified atom stereocenters. The standard InChI is InChI=1S/C22H28N2O3/c1-16(25)19-15-23(20-8-3-2-7-18(19)20)12-9-21(26)24-13-11-22(27)10-5-4-6-17(22)14-24/h2-3,7-8,15,17,27H,4-6,9-14H2,1H3/t17-,22-/m0/s1. The molecule has 1 aliphatic carbocycles. The Hall–Kier alpha value is -2.14. The fourth-order valence-electron chi connectivity index (χ4n) is 4.88. The van der Waals surface area contributed by atoms with E-state index in [9.17, 15) is 14.7 Å². The molecular weight excluding hydrogens is 340 g/mol. The zero-order valence-corrected chi connectivity index (χ0v) is 16.0. The SMILES string of the molecule is CC(=O)c1cn(CCC(=O)N2CC[C@@]3(O)CCCC[C@H]3C2)c2ccccc12. The van der Waals surface area contributed by atoms with E-state index in [0.29, 0.717) is 38.0 Å². The van der Waals surface area contributed by atoms with Gasteiger partial charge in [-0.15, -0.1) is 0 Å². The smallest absolute Gasteiger partial charge is 0.224 e. The molecule has 0 bridgehead atoms. The highest BCUT2D eigenvalue weighted by atomic mass is 16.3. The van der Waals surface area contributed by atoms with Crippen molar-refractivity contribution in [1.82, 2.24) is 9.47 Å². The van der Waals surface area contributed by atoms with Crippen LogP contribution in [0.5, 0.6) is 0 Å². The number of ketones is 1. The van der Waals surface area contributed by atoms with Crippen LogP contribution >= 0.6 is 0 Å². The van der Waals surface area contributed by atoms with E-state index >= 15 is 0 Å². The molecule has 1 amide bonds. The number of benzene rings is 1. The monoisotopic (exact) mass is 368 g/mol. The predicted molar refractivity (Wildman–Crippen MR) is 105 cm³/mol. The summed E-state index contributed by atoms with van der Waals surface area (Å²) in [5, 5.41) is 11.7.